The van der Waals surface area contributed by atoms with Crippen LogP contribution in [0.2, 0.25) is 0 Å². The Morgan fingerprint density at radius 2 is 1.85 bits per heavy atom. The van der Waals surface area contributed by atoms with Crippen molar-refractivity contribution >= 4 is 17.7 Å². The molecule has 0 saturated heterocycles. The second kappa shape index (κ2) is 7.89. The van der Waals surface area contributed by atoms with Crippen molar-refractivity contribution in [2.75, 3.05) is 6.61 Å². The van der Waals surface area contributed by atoms with E-state index in [1.54, 1.807) is 26.8 Å². The van der Waals surface area contributed by atoms with E-state index in [9.17, 15) is 24.6 Å². The van der Waals surface area contributed by atoms with Crippen molar-refractivity contribution in [3.63, 3.8) is 0 Å². The number of Topliss-reactive ketones (excluding diaryl/α,β-unsaturated/α-hetero) is 1. The molecule has 0 aliphatic heterocycles. The maximum atomic E-state index is 13.0. The summed E-state index contributed by atoms with van der Waals surface area (Å²) < 4.78 is 12.0. The third kappa shape index (κ3) is 3.05. The predicted molar refractivity (Wildman–Crippen MR) is 124 cm³/mol. The SMILES string of the molecule is C/C=C(\C)C(=O)OC1C(C)C2(O)C3C=C(C)C(=O)C3CC(CO)=CC2C2C(C)(C)C12OC(C)=O. The van der Waals surface area contributed by atoms with Gasteiger partial charge >= 0.3 is 11.9 Å². The zero-order chi connectivity index (χ0) is 25.4. The lowest BCUT2D eigenvalue weighted by atomic mass is 9.60. The normalized spacial score (nSPS) is 42.4. The second-order valence-corrected chi connectivity index (χ2v) is 11.1. The molecule has 7 nitrogen and oxygen atoms in total. The van der Waals surface area contributed by atoms with Gasteiger partial charge in [-0.05, 0) is 38.3 Å². The van der Waals surface area contributed by atoms with Gasteiger partial charge in [0.05, 0.1) is 12.2 Å². The summed E-state index contributed by atoms with van der Waals surface area (Å²) in [4.78, 5) is 38.3. The molecule has 34 heavy (non-hydrogen) atoms. The van der Waals surface area contributed by atoms with Gasteiger partial charge in [-0.3, -0.25) is 9.59 Å². The van der Waals surface area contributed by atoms with Crippen LogP contribution in [0.25, 0.3) is 0 Å². The number of fused-ring (bicyclic) bond motifs is 5. The number of allylic oxidation sites excluding steroid dienone is 2. The van der Waals surface area contributed by atoms with Gasteiger partial charge in [0.15, 0.2) is 11.4 Å². The summed E-state index contributed by atoms with van der Waals surface area (Å²) in [6, 6.07) is 0. The molecule has 7 heteroatoms. The predicted octanol–water partition coefficient (Wildman–Crippen LogP) is 2.90. The molecule has 0 radical (unpaired) electrons. The fourth-order valence-electron chi connectivity index (χ4n) is 7.32. The molecule has 0 aromatic heterocycles. The van der Waals surface area contributed by atoms with Gasteiger partial charge in [-0.1, -0.05) is 39.0 Å². The number of hydrogen-bond acceptors (Lipinski definition) is 7. The van der Waals surface area contributed by atoms with Crippen LogP contribution >= 0.6 is 0 Å². The van der Waals surface area contributed by atoms with Gasteiger partial charge in [0.2, 0.25) is 0 Å². The number of aliphatic hydroxyl groups is 2. The first kappa shape index (κ1) is 24.9. The molecule has 0 amide bonds. The van der Waals surface area contributed by atoms with Crippen molar-refractivity contribution in [2.45, 2.75) is 72.2 Å². The minimum atomic E-state index is -1.44. The number of hydrogen-bond donors (Lipinski definition) is 2. The number of ether oxygens (including phenoxy) is 2. The van der Waals surface area contributed by atoms with E-state index in [4.69, 9.17) is 9.47 Å². The van der Waals surface area contributed by atoms with Crippen LogP contribution in [0.4, 0.5) is 0 Å². The van der Waals surface area contributed by atoms with Crippen molar-refractivity contribution in [1.29, 1.82) is 0 Å². The molecule has 0 aromatic carbocycles. The summed E-state index contributed by atoms with van der Waals surface area (Å²) >= 11 is 0. The summed E-state index contributed by atoms with van der Waals surface area (Å²) in [5, 5.41) is 22.6. The Balaban J connectivity index is 1.92. The van der Waals surface area contributed by atoms with Gasteiger partial charge < -0.3 is 19.7 Å². The van der Waals surface area contributed by atoms with Crippen LogP contribution in [0.3, 0.4) is 0 Å². The Morgan fingerprint density at radius 3 is 2.41 bits per heavy atom. The smallest absolute Gasteiger partial charge is 0.333 e. The third-order valence-corrected chi connectivity index (χ3v) is 9.19. The summed E-state index contributed by atoms with van der Waals surface area (Å²) in [6.07, 6.45) is 4.83. The van der Waals surface area contributed by atoms with Gasteiger partial charge in [0.25, 0.3) is 0 Å². The van der Waals surface area contributed by atoms with Gasteiger partial charge in [0.1, 0.15) is 6.10 Å². The van der Waals surface area contributed by atoms with E-state index in [2.05, 4.69) is 0 Å². The highest BCUT2D eigenvalue weighted by Crippen LogP contribution is 2.76. The molecular formula is C27H36O7. The second-order valence-electron chi connectivity index (χ2n) is 11.1. The van der Waals surface area contributed by atoms with Crippen molar-refractivity contribution in [3.05, 3.63) is 34.9 Å². The number of ketones is 1. The topological polar surface area (TPSA) is 110 Å². The molecule has 0 aromatic rings. The Morgan fingerprint density at radius 1 is 1.21 bits per heavy atom. The largest absolute Gasteiger partial charge is 0.454 e. The Hall–Kier alpha value is -2.25. The first-order valence-electron chi connectivity index (χ1n) is 12.1. The molecule has 8 atom stereocenters. The third-order valence-electron chi connectivity index (χ3n) is 9.19. The van der Waals surface area contributed by atoms with Crippen LogP contribution in [0.15, 0.2) is 34.9 Å². The van der Waals surface area contributed by atoms with Gasteiger partial charge in [-0.15, -0.1) is 0 Å². The zero-order valence-corrected chi connectivity index (χ0v) is 21.0. The van der Waals surface area contributed by atoms with Crippen LogP contribution in [0, 0.1) is 35.0 Å². The standard InChI is InChI=1S/C27H36O7/c1-8-13(2)24(31)33-23-15(4)26(32)19-9-14(3)21(30)18(19)10-17(12-28)11-20(26)22-25(6,7)27(22,23)34-16(5)29/h8-9,11,15,18-20,22-23,28,32H,10,12H2,1-7H3/b13-8+. The van der Waals surface area contributed by atoms with Crippen LogP contribution in [-0.4, -0.2) is 51.8 Å². The van der Waals surface area contributed by atoms with Gasteiger partial charge in [-0.25, -0.2) is 4.79 Å². The summed E-state index contributed by atoms with van der Waals surface area (Å²) in [6.45, 7) is 12.0. The lowest BCUT2D eigenvalue weighted by Gasteiger charge is -2.52. The first-order chi connectivity index (χ1) is 15.8. The molecule has 0 heterocycles. The Kier molecular flexibility index (Phi) is 5.77. The van der Waals surface area contributed by atoms with Crippen molar-refractivity contribution < 1.29 is 34.1 Å². The van der Waals surface area contributed by atoms with E-state index in [1.807, 2.05) is 32.9 Å². The van der Waals surface area contributed by atoms with Gasteiger partial charge in [-0.2, -0.15) is 0 Å². The fourth-order valence-corrected chi connectivity index (χ4v) is 7.32. The number of carbonyl (C=O) groups excluding carboxylic acids is 3. The van der Waals surface area contributed by atoms with E-state index in [0.717, 1.165) is 0 Å². The molecular weight excluding hydrogens is 436 g/mol. The van der Waals surface area contributed by atoms with Crippen molar-refractivity contribution in [3.8, 4) is 0 Å². The molecule has 4 aliphatic carbocycles. The number of rotatable bonds is 4. The fraction of sp³-hybridized carbons (Fsp3) is 0.667. The van der Waals surface area contributed by atoms with E-state index >= 15 is 0 Å². The van der Waals surface area contributed by atoms with Crippen LogP contribution in [0.5, 0.6) is 0 Å². The average molecular weight is 473 g/mol. The van der Waals surface area contributed by atoms with E-state index in [0.29, 0.717) is 23.1 Å². The van der Waals surface area contributed by atoms with Gasteiger partial charge in [0, 0.05) is 47.5 Å². The molecule has 186 valence electrons. The molecule has 4 rings (SSSR count). The Bertz CT molecular complexity index is 1030. The highest BCUT2D eigenvalue weighted by molar-refractivity contribution is 6.00. The minimum absolute atomic E-state index is 0.0317. The van der Waals surface area contributed by atoms with E-state index < -0.39 is 58.3 Å². The van der Waals surface area contributed by atoms with Crippen LogP contribution in [0.1, 0.15) is 54.9 Å². The first-order valence-corrected chi connectivity index (χ1v) is 12.1. The number of esters is 2. The lowest BCUT2D eigenvalue weighted by molar-refractivity contribution is -0.218. The molecule has 8 unspecified atom stereocenters. The molecule has 0 spiro atoms. The highest BCUT2D eigenvalue weighted by atomic mass is 16.6. The monoisotopic (exact) mass is 472 g/mol. The summed E-state index contributed by atoms with van der Waals surface area (Å²) in [5.41, 5.74) is -1.47. The van der Waals surface area contributed by atoms with E-state index in [1.165, 1.54) is 6.92 Å². The number of carbonyl (C=O) groups is 3. The maximum Gasteiger partial charge on any atom is 0.333 e. The summed E-state index contributed by atoms with van der Waals surface area (Å²) in [5.74, 6) is -3.55. The number of aliphatic hydroxyl groups excluding tert-OH is 1. The van der Waals surface area contributed by atoms with Crippen LogP contribution in [-0.2, 0) is 23.9 Å². The minimum Gasteiger partial charge on any atom is -0.454 e. The average Bonchev–Trinajstić information content (AvgIpc) is 3.16. The summed E-state index contributed by atoms with van der Waals surface area (Å²) in [7, 11) is 0. The maximum absolute atomic E-state index is 13.0. The molecule has 4 aliphatic rings. The quantitative estimate of drug-likeness (QED) is 0.368. The van der Waals surface area contributed by atoms with Crippen molar-refractivity contribution in [2.24, 2.45) is 35.0 Å². The molecule has 0 bridgehead atoms. The Labute approximate surface area is 200 Å². The molecule has 2 N–H and O–H groups in total. The molecule has 2 fully saturated rings. The lowest BCUT2D eigenvalue weighted by Crippen LogP contribution is -2.63. The van der Waals surface area contributed by atoms with Crippen molar-refractivity contribution in [1.82, 2.24) is 0 Å². The van der Waals surface area contributed by atoms with E-state index in [-0.39, 0.29) is 18.3 Å². The molecule has 2 saturated carbocycles. The highest BCUT2D eigenvalue weighted by Gasteiger charge is 2.87. The van der Waals surface area contributed by atoms with Crippen LogP contribution < -0.4 is 0 Å². The zero-order valence-electron chi connectivity index (χ0n) is 21.0.